The van der Waals surface area contributed by atoms with E-state index in [1.165, 1.54) is 22.3 Å². The fraction of sp³-hybridized carbons (Fsp3) is 0.312. The van der Waals surface area contributed by atoms with Gasteiger partial charge < -0.3 is 19.8 Å². The van der Waals surface area contributed by atoms with Gasteiger partial charge >= 0.3 is 19.5 Å². The number of hydrogen-bond donors (Lipinski definition) is 0. The zero-order valence-electron chi connectivity index (χ0n) is 45.1. The Morgan fingerprint density at radius 3 is 0.789 bits per heavy atom. The van der Waals surface area contributed by atoms with Crippen LogP contribution in [-0.4, -0.2) is 38.2 Å². The molecule has 5 heterocycles. The molecule has 7 aromatic rings. The van der Waals surface area contributed by atoms with Crippen LogP contribution < -0.4 is 19.8 Å². The first-order chi connectivity index (χ1) is 32.8. The molecule has 0 spiro atoms. The molecule has 0 aliphatic carbocycles. The summed E-state index contributed by atoms with van der Waals surface area (Å²) in [6, 6.07) is 40.4. The predicted molar refractivity (Wildman–Crippen MR) is 302 cm³/mol. The van der Waals surface area contributed by atoms with Crippen LogP contribution >= 0.6 is 0 Å². The van der Waals surface area contributed by atoms with Crippen molar-refractivity contribution in [2.24, 2.45) is 0 Å². The molecule has 9 rings (SSSR count). The maximum Gasteiger partial charge on any atom is 2.00 e. The number of hydrogen-bond acceptors (Lipinski definition) is 4. The average molecular weight is 989 g/mol. The van der Waals surface area contributed by atoms with E-state index in [1.807, 2.05) is 0 Å². The fourth-order valence-corrected chi connectivity index (χ4v) is 9.40. The van der Waals surface area contributed by atoms with E-state index >= 15 is 0 Å². The van der Waals surface area contributed by atoms with Crippen molar-refractivity contribution in [1.29, 1.82) is 0 Å². The average Bonchev–Trinajstić information content (AvgIpc) is 4.14. The van der Waals surface area contributed by atoms with Crippen LogP contribution in [0.1, 0.15) is 128 Å². The molecule has 0 saturated heterocycles. The summed E-state index contributed by atoms with van der Waals surface area (Å²) in [6.45, 7) is 27.5. The van der Waals surface area contributed by atoms with Crippen molar-refractivity contribution < 1.29 is 19.5 Å². The summed E-state index contributed by atoms with van der Waals surface area (Å²) in [5, 5.41) is 0. The van der Waals surface area contributed by atoms with Gasteiger partial charge in [0.15, 0.2) is 0 Å². The predicted octanol–water partition coefficient (Wildman–Crippen LogP) is 15.9. The molecule has 0 radical (unpaired) electrons. The quantitative estimate of drug-likeness (QED) is 0.155. The Bertz CT molecular complexity index is 3090. The van der Waals surface area contributed by atoms with E-state index in [1.54, 1.807) is 0 Å². The molecule has 2 aliphatic rings. The van der Waals surface area contributed by atoms with Gasteiger partial charge in [-0.05, 0) is 137 Å². The Kier molecular flexibility index (Phi) is 13.5. The minimum absolute atomic E-state index is 0. The Morgan fingerprint density at radius 2 is 0.563 bits per heavy atom. The SMILES string of the molecule is CN(C)c1ccc(-c2c3nc(c(-c4cc(C(C)(C)C)cc(C(C)(C)C)c4)c4ccc([n-]4)c(-c4ccc(N(C)C)cc4)c4nc(c(-c5cc(C(C)(C)C)cc(C(C)(C)C)c5)c5ccc2[n-]5)C=C4)C=C3)cc1.[Zn+2]. The molecule has 71 heavy (non-hydrogen) atoms. The number of benzene rings is 4. The Balaban J connectivity index is 0.00000676. The van der Waals surface area contributed by atoms with Crippen molar-refractivity contribution in [2.75, 3.05) is 38.0 Å². The van der Waals surface area contributed by atoms with Gasteiger partial charge in [0.1, 0.15) is 0 Å². The third kappa shape index (κ3) is 10.3. The van der Waals surface area contributed by atoms with E-state index in [9.17, 15) is 0 Å². The first-order valence-electron chi connectivity index (χ1n) is 24.8. The van der Waals surface area contributed by atoms with Crippen LogP contribution in [0, 0.1) is 0 Å². The van der Waals surface area contributed by atoms with Gasteiger partial charge in [0.2, 0.25) is 0 Å². The van der Waals surface area contributed by atoms with E-state index in [-0.39, 0.29) is 41.1 Å². The van der Waals surface area contributed by atoms with Crippen LogP contribution in [0.3, 0.4) is 0 Å². The molecule has 0 atom stereocenters. The molecule has 0 unspecified atom stereocenters. The molecule has 4 aromatic carbocycles. The van der Waals surface area contributed by atoms with Gasteiger partial charge in [0.05, 0.1) is 22.8 Å². The van der Waals surface area contributed by atoms with Gasteiger partial charge in [-0.3, -0.25) is 0 Å². The second kappa shape index (κ2) is 18.7. The van der Waals surface area contributed by atoms with Crippen LogP contribution in [0.25, 0.3) is 90.9 Å². The van der Waals surface area contributed by atoms with E-state index in [4.69, 9.17) is 19.9 Å². The Morgan fingerprint density at radius 1 is 0.324 bits per heavy atom. The van der Waals surface area contributed by atoms with Crippen LogP contribution in [-0.2, 0) is 41.1 Å². The summed E-state index contributed by atoms with van der Waals surface area (Å²) in [5.74, 6) is 0. The smallest absolute Gasteiger partial charge is 0.657 e. The maximum absolute atomic E-state index is 5.64. The second-order valence-electron chi connectivity index (χ2n) is 23.8. The molecule has 0 amide bonds. The number of rotatable bonds is 6. The van der Waals surface area contributed by atoms with Crippen molar-refractivity contribution in [1.82, 2.24) is 19.9 Å². The third-order valence-electron chi connectivity index (χ3n) is 13.9. The Hall–Kier alpha value is -6.30. The van der Waals surface area contributed by atoms with Gasteiger partial charge in [0.25, 0.3) is 0 Å². The molecule has 358 valence electrons. The van der Waals surface area contributed by atoms with Crippen LogP contribution in [0.4, 0.5) is 11.4 Å². The van der Waals surface area contributed by atoms with Crippen molar-refractivity contribution in [3.63, 3.8) is 0 Å². The normalized spacial score (nSPS) is 12.8. The standard InChI is InChI=1S/C64H70N6.Zn/c1-61(2,3)43-33-41(34-44(37-43)62(4,5)6)59-53-29-25-49(65-53)57(39-17-21-47(22-18-39)69(13)14)51-27-31-55(67-51)60(42-35-45(63(7,8)9)38-46(36-42)64(10,11)12)56-32-28-52(68-56)58(50-26-30-54(59)66-50)40-19-23-48(24-20-40)70(15)16;/h17-38H,1-16H3;/q-2;+2. The molecular weight excluding hydrogens is 918 g/mol. The second-order valence-corrected chi connectivity index (χ2v) is 23.8. The number of nitrogens with zero attached hydrogens (tertiary/aromatic N) is 6. The monoisotopic (exact) mass is 986 g/mol. The molecule has 8 bridgehead atoms. The molecular formula is C64H70N6Zn. The van der Waals surface area contributed by atoms with E-state index in [2.05, 4.69) is 255 Å². The van der Waals surface area contributed by atoms with Gasteiger partial charge in [0, 0.05) is 39.6 Å². The van der Waals surface area contributed by atoms with Gasteiger partial charge in [-0.15, -0.1) is 22.1 Å². The largest absolute Gasteiger partial charge is 2.00 e. The minimum Gasteiger partial charge on any atom is -0.657 e. The van der Waals surface area contributed by atoms with Crippen molar-refractivity contribution >= 4 is 57.7 Å². The maximum atomic E-state index is 5.64. The van der Waals surface area contributed by atoms with Crippen LogP contribution in [0.5, 0.6) is 0 Å². The fourth-order valence-electron chi connectivity index (χ4n) is 9.40. The van der Waals surface area contributed by atoms with E-state index in [0.717, 1.165) is 101 Å². The van der Waals surface area contributed by atoms with Gasteiger partial charge in [-0.25, -0.2) is 9.97 Å². The topological polar surface area (TPSA) is 60.5 Å². The van der Waals surface area contributed by atoms with E-state index < -0.39 is 0 Å². The zero-order valence-corrected chi connectivity index (χ0v) is 48.1. The molecule has 7 heteroatoms. The molecule has 0 fully saturated rings. The molecule has 3 aromatic heterocycles. The van der Waals surface area contributed by atoms with Crippen LogP contribution in [0.15, 0.2) is 109 Å². The van der Waals surface area contributed by atoms with Crippen molar-refractivity contribution in [2.45, 2.75) is 105 Å². The summed E-state index contributed by atoms with van der Waals surface area (Å²) in [5.41, 5.74) is 22.0. The van der Waals surface area contributed by atoms with E-state index in [0.29, 0.717) is 0 Å². The van der Waals surface area contributed by atoms with Crippen LogP contribution in [0.2, 0.25) is 0 Å². The molecule has 0 N–H and O–H groups in total. The van der Waals surface area contributed by atoms with Crippen molar-refractivity contribution in [3.05, 3.63) is 154 Å². The van der Waals surface area contributed by atoms with Gasteiger partial charge in [-0.1, -0.05) is 168 Å². The summed E-state index contributed by atoms with van der Waals surface area (Å²) in [7, 11) is 8.30. The molecule has 6 nitrogen and oxygen atoms in total. The number of anilines is 2. The molecule has 2 aliphatic heterocycles. The summed E-state index contributed by atoms with van der Waals surface area (Å²) in [6.07, 6.45) is 8.68. The van der Waals surface area contributed by atoms with Gasteiger partial charge in [-0.2, -0.15) is 0 Å². The first-order valence-corrected chi connectivity index (χ1v) is 24.8. The zero-order chi connectivity index (χ0) is 50.2. The summed E-state index contributed by atoms with van der Waals surface area (Å²) in [4.78, 5) is 26.8. The number of aromatic nitrogens is 4. The van der Waals surface area contributed by atoms with Crippen molar-refractivity contribution in [3.8, 4) is 44.5 Å². The first kappa shape index (κ1) is 51.1. The Labute approximate surface area is 436 Å². The summed E-state index contributed by atoms with van der Waals surface area (Å²) < 4.78 is 0. The molecule has 0 saturated carbocycles. The minimum atomic E-state index is -0.0933. The third-order valence-corrected chi connectivity index (χ3v) is 13.9. The summed E-state index contributed by atoms with van der Waals surface area (Å²) >= 11 is 0. The number of fused-ring (bicyclic) bond motifs is 8.